The highest BCUT2D eigenvalue weighted by molar-refractivity contribution is 5.92. The topological polar surface area (TPSA) is 46.9 Å². The number of aryl methyl sites for hydroxylation is 1. The average Bonchev–Trinajstić information content (AvgIpc) is 2.97. The van der Waals surface area contributed by atoms with E-state index in [4.69, 9.17) is 4.98 Å². The van der Waals surface area contributed by atoms with Crippen molar-refractivity contribution in [1.82, 2.24) is 14.9 Å². The molecule has 0 aliphatic rings. The lowest BCUT2D eigenvalue weighted by Gasteiger charge is -2.13. The number of nitrogens with zero attached hydrogens (tertiary/aromatic N) is 2. The molecule has 1 N–H and O–H groups in total. The molecule has 0 spiro atoms. The molecule has 1 heterocycles. The van der Waals surface area contributed by atoms with Gasteiger partial charge in [0.1, 0.15) is 5.82 Å². The third-order valence-electron chi connectivity index (χ3n) is 4.01. The molecule has 0 aliphatic heterocycles. The summed E-state index contributed by atoms with van der Waals surface area (Å²) in [4.78, 5) is 16.7. The van der Waals surface area contributed by atoms with Gasteiger partial charge in [0.05, 0.1) is 17.9 Å². The second-order valence-electron chi connectivity index (χ2n) is 5.95. The van der Waals surface area contributed by atoms with Crippen molar-refractivity contribution in [2.75, 3.05) is 0 Å². The van der Waals surface area contributed by atoms with Gasteiger partial charge in [-0.05, 0) is 26.0 Å². The highest BCUT2D eigenvalue weighted by Gasteiger charge is 2.18. The molecule has 1 aromatic heterocycles. The van der Waals surface area contributed by atoms with E-state index < -0.39 is 0 Å². The second kappa shape index (κ2) is 7.18. The van der Waals surface area contributed by atoms with Gasteiger partial charge in [0.15, 0.2) is 0 Å². The fourth-order valence-electron chi connectivity index (χ4n) is 2.80. The number of para-hydroxylation sites is 1. The van der Waals surface area contributed by atoms with Crippen molar-refractivity contribution in [3.63, 3.8) is 0 Å². The standard InChI is InChI=1S/C21H21N3O/c1-15(2)21(25)22-14-19-20(17-10-6-4-7-11-17)23-16(3)24(19)18-12-8-5-9-13-18/h4-13H,1,14H2,2-3H3,(H,22,25). The van der Waals surface area contributed by atoms with Gasteiger partial charge in [-0.2, -0.15) is 0 Å². The minimum atomic E-state index is -0.155. The first-order chi connectivity index (χ1) is 12.1. The zero-order valence-corrected chi connectivity index (χ0v) is 14.5. The van der Waals surface area contributed by atoms with E-state index in [1.807, 2.05) is 67.6 Å². The van der Waals surface area contributed by atoms with Gasteiger partial charge >= 0.3 is 0 Å². The zero-order chi connectivity index (χ0) is 17.8. The van der Waals surface area contributed by atoms with E-state index in [-0.39, 0.29) is 5.91 Å². The Morgan fingerprint density at radius 1 is 1.08 bits per heavy atom. The summed E-state index contributed by atoms with van der Waals surface area (Å²) >= 11 is 0. The molecule has 4 heteroatoms. The molecule has 2 aromatic carbocycles. The molecule has 3 aromatic rings. The van der Waals surface area contributed by atoms with Gasteiger partial charge in [0.2, 0.25) is 5.91 Å². The molecule has 0 fully saturated rings. The first-order valence-corrected chi connectivity index (χ1v) is 8.20. The monoisotopic (exact) mass is 331 g/mol. The van der Waals surface area contributed by atoms with Crippen molar-refractivity contribution in [1.29, 1.82) is 0 Å². The number of benzene rings is 2. The molecule has 25 heavy (non-hydrogen) atoms. The molecule has 3 rings (SSSR count). The third kappa shape index (κ3) is 3.53. The maximum absolute atomic E-state index is 12.0. The van der Waals surface area contributed by atoms with Crippen molar-refractivity contribution in [2.24, 2.45) is 0 Å². The van der Waals surface area contributed by atoms with Crippen LogP contribution in [0.4, 0.5) is 0 Å². The summed E-state index contributed by atoms with van der Waals surface area (Å²) in [5, 5.41) is 2.93. The Morgan fingerprint density at radius 3 is 2.28 bits per heavy atom. The summed E-state index contributed by atoms with van der Waals surface area (Å²) in [5.41, 5.74) is 4.37. The Labute approximate surface area is 147 Å². The van der Waals surface area contributed by atoms with E-state index in [1.54, 1.807) is 6.92 Å². The number of carbonyl (C=O) groups is 1. The third-order valence-corrected chi connectivity index (χ3v) is 4.01. The van der Waals surface area contributed by atoms with Crippen LogP contribution in [-0.4, -0.2) is 15.5 Å². The van der Waals surface area contributed by atoms with Crippen LogP contribution in [0.3, 0.4) is 0 Å². The van der Waals surface area contributed by atoms with Gasteiger partial charge in [-0.25, -0.2) is 4.98 Å². The van der Waals surface area contributed by atoms with Gasteiger partial charge in [-0.1, -0.05) is 55.1 Å². The van der Waals surface area contributed by atoms with Crippen LogP contribution in [0, 0.1) is 6.92 Å². The maximum atomic E-state index is 12.0. The fourth-order valence-corrected chi connectivity index (χ4v) is 2.80. The number of carbonyl (C=O) groups excluding carboxylic acids is 1. The minimum Gasteiger partial charge on any atom is -0.347 e. The van der Waals surface area contributed by atoms with E-state index >= 15 is 0 Å². The molecule has 4 nitrogen and oxygen atoms in total. The summed E-state index contributed by atoms with van der Waals surface area (Å²) in [6.07, 6.45) is 0. The summed E-state index contributed by atoms with van der Waals surface area (Å²) in [5.74, 6) is 0.724. The van der Waals surface area contributed by atoms with Crippen LogP contribution in [0.25, 0.3) is 16.9 Å². The minimum absolute atomic E-state index is 0.155. The molecule has 0 radical (unpaired) electrons. The van der Waals surface area contributed by atoms with Crippen molar-refractivity contribution in [3.8, 4) is 16.9 Å². The number of hydrogen-bond donors (Lipinski definition) is 1. The predicted octanol–water partition coefficient (Wildman–Crippen LogP) is 4.04. The smallest absolute Gasteiger partial charge is 0.246 e. The van der Waals surface area contributed by atoms with Crippen LogP contribution >= 0.6 is 0 Å². The number of imidazole rings is 1. The number of rotatable bonds is 5. The van der Waals surface area contributed by atoms with Crippen molar-refractivity contribution >= 4 is 5.91 Å². The SMILES string of the molecule is C=C(C)C(=O)NCc1c(-c2ccccc2)nc(C)n1-c1ccccc1. The van der Waals surface area contributed by atoms with Crippen molar-refractivity contribution in [2.45, 2.75) is 20.4 Å². The van der Waals surface area contributed by atoms with E-state index in [0.717, 1.165) is 28.5 Å². The Hall–Kier alpha value is -3.14. The highest BCUT2D eigenvalue weighted by atomic mass is 16.1. The number of amides is 1. The fraction of sp³-hybridized carbons (Fsp3) is 0.143. The van der Waals surface area contributed by atoms with Crippen LogP contribution in [0.2, 0.25) is 0 Å². The van der Waals surface area contributed by atoms with E-state index in [2.05, 4.69) is 16.5 Å². The second-order valence-corrected chi connectivity index (χ2v) is 5.95. The average molecular weight is 331 g/mol. The first-order valence-electron chi connectivity index (χ1n) is 8.20. The first kappa shape index (κ1) is 16.7. The van der Waals surface area contributed by atoms with Crippen LogP contribution in [-0.2, 0) is 11.3 Å². The molecular formula is C21H21N3O. The van der Waals surface area contributed by atoms with Crippen LogP contribution in [0.1, 0.15) is 18.4 Å². The van der Waals surface area contributed by atoms with Crippen molar-refractivity contribution in [3.05, 3.63) is 84.3 Å². The molecule has 0 bridgehead atoms. The lowest BCUT2D eigenvalue weighted by atomic mass is 10.1. The summed E-state index contributed by atoms with van der Waals surface area (Å²) in [6, 6.07) is 20.1. The van der Waals surface area contributed by atoms with E-state index in [0.29, 0.717) is 12.1 Å². The number of nitrogens with one attached hydrogen (secondary N) is 1. The molecule has 1 amide bonds. The van der Waals surface area contributed by atoms with Gasteiger partial charge < -0.3 is 5.32 Å². The molecule has 0 saturated carbocycles. The van der Waals surface area contributed by atoms with Gasteiger partial charge in [0.25, 0.3) is 0 Å². The van der Waals surface area contributed by atoms with Crippen LogP contribution < -0.4 is 5.32 Å². The van der Waals surface area contributed by atoms with Crippen LogP contribution in [0.5, 0.6) is 0 Å². The lowest BCUT2D eigenvalue weighted by Crippen LogP contribution is -2.24. The lowest BCUT2D eigenvalue weighted by molar-refractivity contribution is -0.117. The van der Waals surface area contributed by atoms with Gasteiger partial charge in [-0.15, -0.1) is 0 Å². The summed E-state index contributed by atoms with van der Waals surface area (Å²) < 4.78 is 2.08. The molecule has 126 valence electrons. The molecule has 0 atom stereocenters. The normalized spacial score (nSPS) is 10.5. The molecule has 0 saturated heterocycles. The number of hydrogen-bond acceptors (Lipinski definition) is 2. The Kier molecular flexibility index (Phi) is 4.80. The summed E-state index contributed by atoms with van der Waals surface area (Å²) in [7, 11) is 0. The molecule has 0 aliphatic carbocycles. The Balaban J connectivity index is 2.10. The zero-order valence-electron chi connectivity index (χ0n) is 14.5. The highest BCUT2D eigenvalue weighted by Crippen LogP contribution is 2.27. The Bertz CT molecular complexity index is 896. The predicted molar refractivity (Wildman–Crippen MR) is 100 cm³/mol. The van der Waals surface area contributed by atoms with Crippen molar-refractivity contribution < 1.29 is 4.79 Å². The molecular weight excluding hydrogens is 310 g/mol. The van der Waals surface area contributed by atoms with Crippen LogP contribution in [0.15, 0.2) is 72.8 Å². The maximum Gasteiger partial charge on any atom is 0.246 e. The van der Waals surface area contributed by atoms with E-state index in [1.165, 1.54) is 0 Å². The van der Waals surface area contributed by atoms with Gasteiger partial charge in [0, 0.05) is 16.8 Å². The summed E-state index contributed by atoms with van der Waals surface area (Å²) in [6.45, 7) is 7.76. The molecule has 0 unspecified atom stereocenters. The quantitative estimate of drug-likeness (QED) is 0.717. The van der Waals surface area contributed by atoms with Gasteiger partial charge in [-0.3, -0.25) is 9.36 Å². The Morgan fingerprint density at radius 2 is 1.68 bits per heavy atom. The number of aromatic nitrogens is 2. The largest absolute Gasteiger partial charge is 0.347 e. The van der Waals surface area contributed by atoms with E-state index in [9.17, 15) is 4.79 Å².